The molecule has 0 aliphatic carbocycles. The smallest absolute Gasteiger partial charge is 0.235 e. The van der Waals surface area contributed by atoms with Crippen molar-refractivity contribution < 1.29 is 14.2 Å². The summed E-state index contributed by atoms with van der Waals surface area (Å²) in [6.45, 7) is 3.43. The Labute approximate surface area is 222 Å². The maximum atomic E-state index is 5.61. The zero-order chi connectivity index (χ0) is 26.0. The molecule has 4 aromatic rings. The minimum absolute atomic E-state index is 0.360. The van der Waals surface area contributed by atoms with E-state index in [-0.39, 0.29) is 0 Å². The highest BCUT2D eigenvalue weighted by Gasteiger charge is 2.20. The van der Waals surface area contributed by atoms with Crippen LogP contribution < -0.4 is 0 Å². The third kappa shape index (κ3) is 4.67. The van der Waals surface area contributed by atoms with Crippen molar-refractivity contribution in [2.45, 2.75) is 0 Å². The molecule has 3 aliphatic heterocycles. The van der Waals surface area contributed by atoms with Crippen molar-refractivity contribution >= 4 is 17.7 Å². The summed E-state index contributed by atoms with van der Waals surface area (Å²) in [7, 11) is 0. The summed E-state index contributed by atoms with van der Waals surface area (Å²) in [4.78, 5) is 41.6. The molecule has 192 valence electrons. The fourth-order valence-electron chi connectivity index (χ4n) is 4.22. The molecule has 0 saturated heterocycles. The van der Waals surface area contributed by atoms with Crippen LogP contribution in [0.1, 0.15) is 17.1 Å². The molecule has 0 amide bonds. The van der Waals surface area contributed by atoms with Crippen molar-refractivity contribution in [1.29, 1.82) is 0 Å². The van der Waals surface area contributed by atoms with Gasteiger partial charge in [-0.25, -0.2) is 44.9 Å². The van der Waals surface area contributed by atoms with Gasteiger partial charge in [-0.3, -0.25) is 0 Å². The molecular formula is C27H21N9O3. The monoisotopic (exact) mass is 519 g/mol. The predicted molar refractivity (Wildman–Crippen MR) is 142 cm³/mol. The van der Waals surface area contributed by atoms with Crippen LogP contribution in [-0.4, -0.2) is 87.1 Å². The van der Waals surface area contributed by atoms with Gasteiger partial charge in [-0.15, -0.1) is 0 Å². The third-order valence-corrected chi connectivity index (χ3v) is 5.98. The summed E-state index contributed by atoms with van der Waals surface area (Å²) in [5.74, 6) is 2.59. The van der Waals surface area contributed by atoms with Gasteiger partial charge in [0.1, 0.15) is 54.0 Å². The number of rotatable bonds is 6. The fraction of sp³-hybridized carbons (Fsp3) is 0.222. The number of hydrogen-bond acceptors (Lipinski definition) is 12. The molecule has 12 nitrogen and oxygen atoms in total. The van der Waals surface area contributed by atoms with Crippen molar-refractivity contribution in [3.05, 3.63) is 71.7 Å². The topological polar surface area (TPSA) is 142 Å². The number of ether oxygens (including phenoxy) is 3. The van der Waals surface area contributed by atoms with Gasteiger partial charge < -0.3 is 14.2 Å². The molecule has 0 radical (unpaired) electrons. The van der Waals surface area contributed by atoms with Crippen molar-refractivity contribution in [1.82, 2.24) is 29.9 Å². The lowest BCUT2D eigenvalue weighted by atomic mass is 10.2. The Kier molecular flexibility index (Phi) is 5.88. The summed E-state index contributed by atoms with van der Waals surface area (Å²) in [6.07, 6.45) is 0. The Morgan fingerprint density at radius 2 is 0.692 bits per heavy atom. The molecule has 3 aliphatic rings. The number of hydrogen-bond donors (Lipinski definition) is 0. The molecule has 0 fully saturated rings. The van der Waals surface area contributed by atoms with Gasteiger partial charge in [0.15, 0.2) is 17.5 Å². The molecule has 4 aromatic heterocycles. The molecule has 7 rings (SSSR count). The van der Waals surface area contributed by atoms with Crippen LogP contribution in [0.25, 0.3) is 34.6 Å². The molecule has 39 heavy (non-hydrogen) atoms. The van der Waals surface area contributed by atoms with Crippen molar-refractivity contribution in [2.75, 3.05) is 39.5 Å². The van der Waals surface area contributed by atoms with E-state index in [0.717, 1.165) is 0 Å². The van der Waals surface area contributed by atoms with Crippen LogP contribution in [0.4, 0.5) is 0 Å². The maximum absolute atomic E-state index is 5.61. The lowest BCUT2D eigenvalue weighted by molar-refractivity contribution is 0.347. The second-order valence-corrected chi connectivity index (χ2v) is 8.64. The highest BCUT2D eigenvalue weighted by molar-refractivity contribution is 5.94. The van der Waals surface area contributed by atoms with Crippen LogP contribution in [0.2, 0.25) is 0 Å². The van der Waals surface area contributed by atoms with E-state index in [1.807, 2.05) is 54.6 Å². The van der Waals surface area contributed by atoms with Gasteiger partial charge >= 0.3 is 0 Å². The van der Waals surface area contributed by atoms with E-state index in [0.29, 0.717) is 109 Å². The highest BCUT2D eigenvalue weighted by atomic mass is 16.5. The molecule has 0 spiro atoms. The van der Waals surface area contributed by atoms with Crippen LogP contribution in [0, 0.1) is 0 Å². The van der Waals surface area contributed by atoms with Gasteiger partial charge in [0.2, 0.25) is 17.7 Å². The van der Waals surface area contributed by atoms with Gasteiger partial charge in [0, 0.05) is 0 Å². The van der Waals surface area contributed by atoms with Crippen LogP contribution in [-0.2, 0) is 14.2 Å². The second-order valence-electron chi connectivity index (χ2n) is 8.64. The molecule has 0 saturated carbocycles. The number of aliphatic imine (C=N–C) groups is 3. The zero-order valence-electron chi connectivity index (χ0n) is 20.7. The van der Waals surface area contributed by atoms with Crippen LogP contribution >= 0.6 is 0 Å². The number of aromatic nitrogens is 6. The average Bonchev–Trinajstić information content (AvgIpc) is 3.81. The number of pyridine rings is 3. The molecule has 0 unspecified atom stereocenters. The SMILES string of the molecule is c1cc(C2=NCCO2)nc(-c2nc(-c3cccc(C4=NCCO4)n3)nc(-c3cccc(C4=NCCO4)n3)n2)c1. The van der Waals surface area contributed by atoms with Crippen molar-refractivity contribution in [2.24, 2.45) is 15.0 Å². The molecular weight excluding hydrogens is 498 g/mol. The van der Waals surface area contributed by atoms with E-state index in [2.05, 4.69) is 15.0 Å². The summed E-state index contributed by atoms with van der Waals surface area (Å²) in [6, 6.07) is 16.6. The summed E-state index contributed by atoms with van der Waals surface area (Å²) in [5.41, 5.74) is 3.45. The van der Waals surface area contributed by atoms with Crippen molar-refractivity contribution in [3.63, 3.8) is 0 Å². The summed E-state index contributed by atoms with van der Waals surface area (Å²) in [5, 5.41) is 0. The second kappa shape index (κ2) is 9.97. The Morgan fingerprint density at radius 3 is 0.974 bits per heavy atom. The van der Waals surface area contributed by atoms with E-state index in [1.165, 1.54) is 0 Å². The van der Waals surface area contributed by atoms with Gasteiger partial charge in [0.25, 0.3) is 0 Å². The zero-order valence-corrected chi connectivity index (χ0v) is 20.7. The first-order valence-corrected chi connectivity index (χ1v) is 12.5. The van der Waals surface area contributed by atoms with Crippen LogP contribution in [0.15, 0.2) is 69.6 Å². The Balaban J connectivity index is 1.35. The first-order valence-electron chi connectivity index (χ1n) is 12.5. The molecule has 0 atom stereocenters. The number of nitrogens with zero attached hydrogens (tertiary/aromatic N) is 9. The van der Waals surface area contributed by atoms with E-state index in [9.17, 15) is 0 Å². The first-order chi connectivity index (χ1) is 19.3. The van der Waals surface area contributed by atoms with E-state index in [4.69, 9.17) is 44.1 Å². The van der Waals surface area contributed by atoms with Crippen LogP contribution in [0.3, 0.4) is 0 Å². The van der Waals surface area contributed by atoms with Gasteiger partial charge in [0.05, 0.1) is 19.6 Å². The minimum Gasteiger partial charge on any atom is -0.474 e. The predicted octanol–water partition coefficient (Wildman–Crippen LogP) is 2.39. The first kappa shape index (κ1) is 23.0. The van der Waals surface area contributed by atoms with Gasteiger partial charge in [-0.2, -0.15) is 0 Å². The summed E-state index contributed by atoms with van der Waals surface area (Å²) < 4.78 is 16.8. The Hall–Kier alpha value is -5.13. The largest absolute Gasteiger partial charge is 0.474 e. The quantitative estimate of drug-likeness (QED) is 0.375. The summed E-state index contributed by atoms with van der Waals surface area (Å²) >= 11 is 0. The van der Waals surface area contributed by atoms with Crippen LogP contribution in [0.5, 0.6) is 0 Å². The standard InChI is InChI=1S/C27H21N9O3/c1-4-16(31-19(7-1)25-28-10-13-37-25)22-34-23(17-5-2-8-20(32-17)26-29-11-14-38-26)36-24(35-22)18-6-3-9-21(33-18)27-30-12-15-39-27/h1-9H,10-15H2. The fourth-order valence-corrected chi connectivity index (χ4v) is 4.22. The molecule has 0 N–H and O–H groups in total. The lowest BCUT2D eigenvalue weighted by Gasteiger charge is -2.09. The third-order valence-electron chi connectivity index (χ3n) is 5.98. The van der Waals surface area contributed by atoms with Crippen molar-refractivity contribution in [3.8, 4) is 34.6 Å². The normalized spacial score (nSPS) is 16.2. The minimum atomic E-state index is 0.360. The van der Waals surface area contributed by atoms with E-state index >= 15 is 0 Å². The van der Waals surface area contributed by atoms with Gasteiger partial charge in [-0.1, -0.05) is 18.2 Å². The maximum Gasteiger partial charge on any atom is 0.235 e. The molecule has 0 bridgehead atoms. The lowest BCUT2D eigenvalue weighted by Crippen LogP contribution is -2.09. The molecule has 7 heterocycles. The Bertz CT molecular complexity index is 1460. The molecule has 0 aromatic carbocycles. The van der Waals surface area contributed by atoms with Gasteiger partial charge in [-0.05, 0) is 36.4 Å². The average molecular weight is 520 g/mol. The highest BCUT2D eigenvalue weighted by Crippen LogP contribution is 2.24. The van der Waals surface area contributed by atoms with E-state index in [1.54, 1.807) is 0 Å². The Morgan fingerprint density at radius 1 is 0.385 bits per heavy atom. The molecule has 12 heteroatoms. The van der Waals surface area contributed by atoms with E-state index < -0.39 is 0 Å².